The molecule has 114 valence electrons. The molecule has 0 saturated heterocycles. The maximum Gasteiger partial charge on any atom is 0.319 e. The van der Waals surface area contributed by atoms with E-state index in [9.17, 15) is 18.4 Å². The number of aliphatic carboxylic acids is 1. The first kappa shape index (κ1) is 15.7. The molecule has 1 saturated carbocycles. The number of carbonyl (C=O) groups is 2. The summed E-state index contributed by atoms with van der Waals surface area (Å²) in [4.78, 5) is 22.9. The first-order valence-electron chi connectivity index (χ1n) is 6.27. The molecule has 0 spiro atoms. The zero-order valence-corrected chi connectivity index (χ0v) is 12.5. The predicted molar refractivity (Wildman–Crippen MR) is 75.0 cm³/mol. The molecule has 0 aliphatic heterocycles. The zero-order chi connectivity index (χ0) is 15.6. The van der Waals surface area contributed by atoms with Crippen LogP contribution < -0.4 is 10.6 Å². The van der Waals surface area contributed by atoms with Crippen LogP contribution in [0.1, 0.15) is 19.3 Å². The van der Waals surface area contributed by atoms with Gasteiger partial charge in [0, 0.05) is 17.1 Å². The van der Waals surface area contributed by atoms with Gasteiger partial charge in [-0.3, -0.25) is 4.79 Å². The molecule has 8 heteroatoms. The van der Waals surface area contributed by atoms with Gasteiger partial charge in [0.25, 0.3) is 0 Å². The fourth-order valence-electron chi connectivity index (χ4n) is 2.14. The van der Waals surface area contributed by atoms with Gasteiger partial charge >= 0.3 is 12.0 Å². The third-order valence-electron chi connectivity index (χ3n) is 3.60. The summed E-state index contributed by atoms with van der Waals surface area (Å²) in [5.41, 5.74) is -1.14. The van der Waals surface area contributed by atoms with E-state index in [1.165, 1.54) is 0 Å². The van der Waals surface area contributed by atoms with Crippen LogP contribution in [0.25, 0.3) is 0 Å². The quantitative estimate of drug-likeness (QED) is 0.769. The number of carbonyl (C=O) groups excluding carboxylic acids is 1. The normalized spacial score (nSPS) is 16.0. The van der Waals surface area contributed by atoms with Gasteiger partial charge in [-0.25, -0.2) is 13.6 Å². The molecule has 1 aliphatic rings. The second-order valence-electron chi connectivity index (χ2n) is 4.99. The molecule has 0 radical (unpaired) electrons. The maximum atomic E-state index is 13.5. The number of carboxylic acid groups (broad SMARTS) is 1. The molecule has 2 amide bonds. The Morgan fingerprint density at radius 3 is 2.48 bits per heavy atom. The van der Waals surface area contributed by atoms with Gasteiger partial charge in [-0.05, 0) is 34.8 Å². The minimum Gasteiger partial charge on any atom is -0.481 e. The summed E-state index contributed by atoms with van der Waals surface area (Å²) in [5.74, 6) is -2.65. The molecule has 5 nitrogen and oxygen atoms in total. The van der Waals surface area contributed by atoms with Crippen LogP contribution in [0.3, 0.4) is 0 Å². The number of anilines is 1. The Morgan fingerprint density at radius 2 is 2.00 bits per heavy atom. The van der Waals surface area contributed by atoms with Crippen LogP contribution >= 0.6 is 15.9 Å². The molecule has 0 bridgehead atoms. The minimum absolute atomic E-state index is 0.0331. The Morgan fingerprint density at radius 1 is 1.33 bits per heavy atom. The topological polar surface area (TPSA) is 78.4 Å². The van der Waals surface area contributed by atoms with Crippen molar-refractivity contribution in [3.8, 4) is 0 Å². The van der Waals surface area contributed by atoms with E-state index in [0.29, 0.717) is 18.9 Å². The maximum absolute atomic E-state index is 13.5. The Bertz CT molecular complexity index is 568. The third kappa shape index (κ3) is 3.31. The van der Waals surface area contributed by atoms with Crippen molar-refractivity contribution in [1.29, 1.82) is 0 Å². The van der Waals surface area contributed by atoms with Crippen molar-refractivity contribution >= 4 is 33.6 Å². The largest absolute Gasteiger partial charge is 0.481 e. The van der Waals surface area contributed by atoms with E-state index in [4.69, 9.17) is 5.11 Å². The molecule has 1 aromatic rings. The van der Waals surface area contributed by atoms with Crippen LogP contribution in [0.4, 0.5) is 19.3 Å². The summed E-state index contributed by atoms with van der Waals surface area (Å²) in [6.07, 6.45) is 1.79. The van der Waals surface area contributed by atoms with E-state index < -0.39 is 29.0 Å². The van der Waals surface area contributed by atoms with E-state index in [1.807, 2.05) is 0 Å². The van der Waals surface area contributed by atoms with Crippen LogP contribution in [0, 0.1) is 17.0 Å². The Kier molecular flexibility index (Phi) is 4.46. The number of benzene rings is 1. The van der Waals surface area contributed by atoms with Crippen LogP contribution in [-0.2, 0) is 4.79 Å². The van der Waals surface area contributed by atoms with Gasteiger partial charge in [0.2, 0.25) is 0 Å². The minimum atomic E-state index is -0.955. The fraction of sp³-hybridized carbons (Fsp3) is 0.385. The molecule has 1 aliphatic carbocycles. The van der Waals surface area contributed by atoms with Crippen molar-refractivity contribution in [3.05, 3.63) is 28.2 Å². The van der Waals surface area contributed by atoms with Crippen LogP contribution in [0.2, 0.25) is 0 Å². The summed E-state index contributed by atoms with van der Waals surface area (Å²) >= 11 is 2.95. The summed E-state index contributed by atoms with van der Waals surface area (Å²) in [5, 5.41) is 13.8. The number of urea groups is 1. The van der Waals surface area contributed by atoms with E-state index in [0.717, 1.165) is 12.5 Å². The molecular formula is C13H13BrF2N2O3. The van der Waals surface area contributed by atoms with Gasteiger partial charge < -0.3 is 15.7 Å². The van der Waals surface area contributed by atoms with Gasteiger partial charge in [-0.15, -0.1) is 0 Å². The number of nitrogens with one attached hydrogen (secondary N) is 2. The number of hydrogen-bond donors (Lipinski definition) is 3. The van der Waals surface area contributed by atoms with E-state index in [-0.39, 0.29) is 16.7 Å². The van der Waals surface area contributed by atoms with Gasteiger partial charge in [0.15, 0.2) is 5.82 Å². The van der Waals surface area contributed by atoms with E-state index in [1.54, 1.807) is 0 Å². The number of carboxylic acids is 1. The number of amides is 2. The molecule has 21 heavy (non-hydrogen) atoms. The Hall–Kier alpha value is -1.70. The molecule has 3 N–H and O–H groups in total. The molecule has 1 fully saturated rings. The number of hydrogen-bond acceptors (Lipinski definition) is 2. The van der Waals surface area contributed by atoms with E-state index in [2.05, 4.69) is 26.6 Å². The summed E-state index contributed by atoms with van der Waals surface area (Å²) in [6.45, 7) is -0.0331. The highest BCUT2D eigenvalue weighted by Gasteiger charge is 2.44. The van der Waals surface area contributed by atoms with Crippen LogP contribution in [0.5, 0.6) is 0 Å². The van der Waals surface area contributed by atoms with Crippen molar-refractivity contribution < 1.29 is 23.5 Å². The predicted octanol–water partition coefficient (Wildman–Crippen LogP) is 3.10. The summed E-state index contributed by atoms with van der Waals surface area (Å²) in [7, 11) is 0. The molecule has 0 atom stereocenters. The average Bonchev–Trinajstić information content (AvgIpc) is 2.31. The van der Waals surface area contributed by atoms with Crippen molar-refractivity contribution in [3.63, 3.8) is 0 Å². The van der Waals surface area contributed by atoms with Crippen molar-refractivity contribution in [2.75, 3.05) is 11.9 Å². The highest BCUT2D eigenvalue weighted by Crippen LogP contribution is 2.40. The average molecular weight is 363 g/mol. The first-order valence-corrected chi connectivity index (χ1v) is 7.06. The highest BCUT2D eigenvalue weighted by molar-refractivity contribution is 9.10. The van der Waals surface area contributed by atoms with Crippen molar-refractivity contribution in [2.45, 2.75) is 19.3 Å². The van der Waals surface area contributed by atoms with Crippen LogP contribution in [-0.4, -0.2) is 23.7 Å². The lowest BCUT2D eigenvalue weighted by molar-refractivity contribution is -0.153. The SMILES string of the molecule is O=C(NCC1(C(=O)O)CCC1)Nc1c(F)cc(F)cc1Br. The molecule has 0 heterocycles. The lowest BCUT2D eigenvalue weighted by Gasteiger charge is -2.37. The smallest absolute Gasteiger partial charge is 0.319 e. The lowest BCUT2D eigenvalue weighted by atomic mass is 9.69. The second-order valence-corrected chi connectivity index (χ2v) is 5.85. The number of halogens is 3. The zero-order valence-electron chi connectivity index (χ0n) is 10.9. The lowest BCUT2D eigenvalue weighted by Crippen LogP contribution is -2.48. The standard InChI is InChI=1S/C13H13BrF2N2O3/c14-8-4-7(15)5-9(16)10(8)18-12(21)17-6-13(11(19)20)2-1-3-13/h4-5H,1-3,6H2,(H,19,20)(H2,17,18,21). The van der Waals surface area contributed by atoms with E-state index >= 15 is 0 Å². The van der Waals surface area contributed by atoms with Crippen molar-refractivity contribution in [2.24, 2.45) is 5.41 Å². The first-order chi connectivity index (χ1) is 9.84. The van der Waals surface area contributed by atoms with Gasteiger partial charge in [-0.2, -0.15) is 0 Å². The molecule has 2 rings (SSSR count). The molecule has 0 unspecified atom stereocenters. The fourth-order valence-corrected chi connectivity index (χ4v) is 2.65. The Labute approximate surface area is 127 Å². The summed E-state index contributed by atoms with van der Waals surface area (Å²) in [6, 6.07) is 0.919. The Balaban J connectivity index is 1.98. The molecule has 0 aromatic heterocycles. The number of rotatable bonds is 4. The second kappa shape index (κ2) is 5.97. The summed E-state index contributed by atoms with van der Waals surface area (Å²) < 4.78 is 26.5. The third-order valence-corrected chi connectivity index (χ3v) is 4.22. The van der Waals surface area contributed by atoms with Crippen molar-refractivity contribution in [1.82, 2.24) is 5.32 Å². The molecule has 1 aromatic carbocycles. The monoisotopic (exact) mass is 362 g/mol. The van der Waals surface area contributed by atoms with Gasteiger partial charge in [0.1, 0.15) is 5.82 Å². The van der Waals surface area contributed by atoms with Gasteiger partial charge in [-0.1, -0.05) is 6.42 Å². The van der Waals surface area contributed by atoms with Crippen LogP contribution in [0.15, 0.2) is 16.6 Å². The molecular weight excluding hydrogens is 350 g/mol. The van der Waals surface area contributed by atoms with Gasteiger partial charge in [0.05, 0.1) is 11.1 Å². The highest BCUT2D eigenvalue weighted by atomic mass is 79.9.